The van der Waals surface area contributed by atoms with E-state index in [4.69, 9.17) is 0 Å². The van der Waals surface area contributed by atoms with E-state index in [1.807, 2.05) is 0 Å². The highest BCUT2D eigenvalue weighted by Gasteiger charge is 2.35. The molecule has 1 aromatic rings. The second-order valence-electron chi connectivity index (χ2n) is 3.68. The first-order valence-corrected chi connectivity index (χ1v) is 5.02. The van der Waals surface area contributed by atoms with E-state index in [9.17, 15) is 18.0 Å². The van der Waals surface area contributed by atoms with Gasteiger partial charge in [-0.3, -0.25) is 4.57 Å². The predicted octanol–water partition coefficient (Wildman–Crippen LogP) is 2.05. The number of carbonyl (C=O) groups is 1. The molecule has 0 unspecified atom stereocenters. The molecular formula is C10H10F3N3O. The van der Waals surface area contributed by atoms with Crippen LogP contribution in [0.1, 0.15) is 6.42 Å². The molecule has 7 heteroatoms. The Hall–Kier alpha value is -1.79. The maximum Gasteiger partial charge on any atom is 0.412 e. The standard InChI is InChI=1S/C10H10F3N3O/c11-10(12,13)8-1-4-15(5-2-8)9(17)16-6-3-14-7-16/h1,3,6-7H,2,4-5H2. The van der Waals surface area contributed by atoms with Crippen LogP contribution in [0.3, 0.4) is 0 Å². The van der Waals surface area contributed by atoms with E-state index in [1.165, 1.54) is 28.2 Å². The van der Waals surface area contributed by atoms with Gasteiger partial charge in [-0.1, -0.05) is 6.08 Å². The first kappa shape index (κ1) is 11.7. The molecule has 0 spiro atoms. The van der Waals surface area contributed by atoms with Crippen molar-refractivity contribution in [3.63, 3.8) is 0 Å². The van der Waals surface area contributed by atoms with Crippen LogP contribution in [-0.2, 0) is 0 Å². The van der Waals surface area contributed by atoms with Crippen LogP contribution in [0.15, 0.2) is 30.4 Å². The van der Waals surface area contributed by atoms with Gasteiger partial charge in [-0.25, -0.2) is 9.78 Å². The zero-order chi connectivity index (χ0) is 12.5. The Bertz CT molecular complexity index is 436. The number of hydrogen-bond donors (Lipinski definition) is 0. The monoisotopic (exact) mass is 245 g/mol. The lowest BCUT2D eigenvalue weighted by Crippen LogP contribution is -2.38. The van der Waals surface area contributed by atoms with E-state index in [1.54, 1.807) is 0 Å². The second-order valence-corrected chi connectivity index (χ2v) is 3.68. The minimum atomic E-state index is -4.29. The van der Waals surface area contributed by atoms with Crippen molar-refractivity contribution < 1.29 is 18.0 Å². The number of imidazole rings is 1. The lowest BCUT2D eigenvalue weighted by atomic mass is 10.1. The molecular weight excluding hydrogens is 235 g/mol. The normalized spacial score (nSPS) is 16.9. The summed E-state index contributed by atoms with van der Waals surface area (Å²) < 4.78 is 38.3. The van der Waals surface area contributed by atoms with Gasteiger partial charge in [-0.05, 0) is 6.42 Å². The zero-order valence-corrected chi connectivity index (χ0v) is 8.81. The fraction of sp³-hybridized carbons (Fsp3) is 0.400. The SMILES string of the molecule is O=C(N1CC=C(C(F)(F)F)CC1)n1ccnc1. The van der Waals surface area contributed by atoms with Crippen LogP contribution >= 0.6 is 0 Å². The number of carbonyl (C=O) groups excluding carboxylic acids is 1. The molecule has 1 aliphatic rings. The molecule has 0 aliphatic carbocycles. The van der Waals surface area contributed by atoms with Crippen molar-refractivity contribution in [1.82, 2.24) is 14.5 Å². The third kappa shape index (κ3) is 2.48. The Kier molecular flexibility index (Phi) is 2.91. The summed E-state index contributed by atoms with van der Waals surface area (Å²) in [6, 6.07) is -0.361. The maximum absolute atomic E-state index is 12.4. The summed E-state index contributed by atoms with van der Waals surface area (Å²) in [5, 5.41) is 0. The van der Waals surface area contributed by atoms with Crippen LogP contribution < -0.4 is 0 Å². The molecule has 2 rings (SSSR count). The summed E-state index contributed by atoms with van der Waals surface area (Å²) in [6.45, 7) is 0.0498. The summed E-state index contributed by atoms with van der Waals surface area (Å²) in [4.78, 5) is 16.8. The van der Waals surface area contributed by atoms with Crippen molar-refractivity contribution >= 4 is 6.03 Å². The Labute approximate surface area is 95.3 Å². The highest BCUT2D eigenvalue weighted by Crippen LogP contribution is 2.30. The summed E-state index contributed by atoms with van der Waals surface area (Å²) in [6.07, 6.45) is 0.835. The van der Waals surface area contributed by atoms with Crippen molar-refractivity contribution in [3.8, 4) is 0 Å². The van der Waals surface area contributed by atoms with E-state index < -0.39 is 11.7 Å². The van der Waals surface area contributed by atoms with Crippen LogP contribution in [0.4, 0.5) is 18.0 Å². The van der Waals surface area contributed by atoms with Gasteiger partial charge in [0.15, 0.2) is 0 Å². The molecule has 1 amide bonds. The van der Waals surface area contributed by atoms with Gasteiger partial charge in [0, 0.05) is 31.1 Å². The topological polar surface area (TPSA) is 38.1 Å². The van der Waals surface area contributed by atoms with Crippen LogP contribution in [0, 0.1) is 0 Å². The van der Waals surface area contributed by atoms with E-state index in [2.05, 4.69) is 4.98 Å². The van der Waals surface area contributed by atoms with Gasteiger partial charge in [0.1, 0.15) is 6.33 Å². The molecule has 0 aromatic carbocycles. The van der Waals surface area contributed by atoms with Crippen molar-refractivity contribution in [2.45, 2.75) is 12.6 Å². The van der Waals surface area contributed by atoms with E-state index in [-0.39, 0.29) is 25.5 Å². The van der Waals surface area contributed by atoms with Crippen LogP contribution in [-0.4, -0.2) is 39.7 Å². The van der Waals surface area contributed by atoms with E-state index in [0.29, 0.717) is 0 Å². The molecule has 1 aromatic heterocycles. The number of halogens is 3. The largest absolute Gasteiger partial charge is 0.412 e. The lowest BCUT2D eigenvalue weighted by molar-refractivity contribution is -0.0956. The second kappa shape index (κ2) is 4.23. The number of aromatic nitrogens is 2. The minimum Gasteiger partial charge on any atom is -0.320 e. The van der Waals surface area contributed by atoms with Gasteiger partial charge < -0.3 is 4.90 Å². The van der Waals surface area contributed by atoms with Crippen molar-refractivity contribution in [2.24, 2.45) is 0 Å². The Morgan fingerprint density at radius 3 is 2.65 bits per heavy atom. The number of hydrogen-bond acceptors (Lipinski definition) is 2. The smallest absolute Gasteiger partial charge is 0.320 e. The number of amides is 1. The highest BCUT2D eigenvalue weighted by molar-refractivity contribution is 5.77. The van der Waals surface area contributed by atoms with Crippen molar-refractivity contribution in [2.75, 3.05) is 13.1 Å². The first-order chi connectivity index (χ1) is 7.98. The van der Waals surface area contributed by atoms with E-state index >= 15 is 0 Å². The molecule has 0 fully saturated rings. The fourth-order valence-corrected chi connectivity index (χ4v) is 1.64. The van der Waals surface area contributed by atoms with Crippen LogP contribution in [0.25, 0.3) is 0 Å². The maximum atomic E-state index is 12.4. The molecule has 0 bridgehead atoms. The summed E-state index contributed by atoms with van der Waals surface area (Å²) in [7, 11) is 0. The number of nitrogens with zero attached hydrogens (tertiary/aromatic N) is 3. The van der Waals surface area contributed by atoms with E-state index in [0.717, 1.165) is 6.08 Å². The average Bonchev–Trinajstić information content (AvgIpc) is 2.80. The molecule has 92 valence electrons. The van der Waals surface area contributed by atoms with Crippen molar-refractivity contribution in [1.29, 1.82) is 0 Å². The Morgan fingerprint density at radius 2 is 2.18 bits per heavy atom. The van der Waals surface area contributed by atoms with Gasteiger partial charge in [0.2, 0.25) is 0 Å². The number of rotatable bonds is 0. The summed E-state index contributed by atoms with van der Waals surface area (Å²) >= 11 is 0. The lowest BCUT2D eigenvalue weighted by Gasteiger charge is -2.27. The molecule has 0 saturated carbocycles. The molecule has 17 heavy (non-hydrogen) atoms. The summed E-state index contributed by atoms with van der Waals surface area (Å²) in [5.41, 5.74) is -0.563. The molecule has 2 heterocycles. The summed E-state index contributed by atoms with van der Waals surface area (Å²) in [5.74, 6) is 0. The molecule has 1 aliphatic heterocycles. The van der Waals surface area contributed by atoms with Gasteiger partial charge in [0.25, 0.3) is 0 Å². The molecule has 0 atom stereocenters. The zero-order valence-electron chi connectivity index (χ0n) is 8.81. The number of alkyl halides is 3. The molecule has 0 radical (unpaired) electrons. The van der Waals surface area contributed by atoms with Crippen LogP contribution in [0.5, 0.6) is 0 Å². The third-order valence-corrected chi connectivity index (χ3v) is 2.57. The van der Waals surface area contributed by atoms with Gasteiger partial charge in [0.05, 0.1) is 0 Å². The average molecular weight is 245 g/mol. The fourth-order valence-electron chi connectivity index (χ4n) is 1.64. The molecule has 0 N–H and O–H groups in total. The molecule has 4 nitrogen and oxygen atoms in total. The molecule has 0 saturated heterocycles. The van der Waals surface area contributed by atoms with Gasteiger partial charge in [-0.2, -0.15) is 13.2 Å². The van der Waals surface area contributed by atoms with Gasteiger partial charge in [-0.15, -0.1) is 0 Å². The predicted molar refractivity (Wildman–Crippen MR) is 53.3 cm³/mol. The Balaban J connectivity index is 2.05. The first-order valence-electron chi connectivity index (χ1n) is 5.02. The Morgan fingerprint density at radius 1 is 1.41 bits per heavy atom. The highest BCUT2D eigenvalue weighted by atomic mass is 19.4. The van der Waals surface area contributed by atoms with Crippen LogP contribution in [0.2, 0.25) is 0 Å². The van der Waals surface area contributed by atoms with Crippen molar-refractivity contribution in [3.05, 3.63) is 30.4 Å². The minimum absolute atomic E-state index is 0.0220. The third-order valence-electron chi connectivity index (χ3n) is 2.57. The quantitative estimate of drug-likeness (QED) is 0.656. The van der Waals surface area contributed by atoms with Gasteiger partial charge >= 0.3 is 12.2 Å².